The number of nitrogens with one attached hydrogen (secondary N) is 1. The van der Waals surface area contributed by atoms with Gasteiger partial charge in [0.15, 0.2) is 0 Å². The van der Waals surface area contributed by atoms with Crippen molar-refractivity contribution in [3.05, 3.63) is 58.1 Å². The molecule has 2 aromatic rings. The predicted octanol–water partition coefficient (Wildman–Crippen LogP) is 4.12. The Kier molecular flexibility index (Phi) is 3.65. The van der Waals surface area contributed by atoms with Crippen LogP contribution in [0.25, 0.3) is 0 Å². The number of carbonyl (C=O) groups is 1. The van der Waals surface area contributed by atoms with Crippen LogP contribution >= 0.6 is 11.6 Å². The van der Waals surface area contributed by atoms with Crippen LogP contribution in [0.1, 0.15) is 34.3 Å². The summed E-state index contributed by atoms with van der Waals surface area (Å²) in [6.07, 6.45) is 3.16. The van der Waals surface area contributed by atoms with E-state index in [1.807, 2.05) is 6.07 Å². The van der Waals surface area contributed by atoms with E-state index in [4.69, 9.17) is 16.3 Å². The van der Waals surface area contributed by atoms with Gasteiger partial charge in [-0.25, -0.2) is 4.79 Å². The summed E-state index contributed by atoms with van der Waals surface area (Å²) >= 11 is 6.15. The van der Waals surface area contributed by atoms with Crippen molar-refractivity contribution in [3.63, 3.8) is 0 Å². The van der Waals surface area contributed by atoms with Crippen LogP contribution in [-0.2, 0) is 11.8 Å². The lowest BCUT2D eigenvalue weighted by atomic mass is 9.70. The van der Waals surface area contributed by atoms with Gasteiger partial charge in [-0.3, -0.25) is 0 Å². The fourth-order valence-electron chi connectivity index (χ4n) is 3.83. The zero-order chi connectivity index (χ0) is 16.7. The van der Waals surface area contributed by atoms with Crippen LogP contribution < -0.4 is 10.1 Å². The summed E-state index contributed by atoms with van der Waals surface area (Å²) in [7, 11) is 0. The van der Waals surface area contributed by atoms with Gasteiger partial charge in [-0.15, -0.1) is 0 Å². The summed E-state index contributed by atoms with van der Waals surface area (Å²) in [6.45, 7) is 1.30. The maximum atomic E-state index is 11.2. The van der Waals surface area contributed by atoms with Crippen LogP contribution in [0, 0.1) is 0 Å². The molecule has 1 aliphatic carbocycles. The molecule has 1 heterocycles. The van der Waals surface area contributed by atoms with Crippen LogP contribution in [-0.4, -0.2) is 24.2 Å². The van der Waals surface area contributed by atoms with Crippen LogP contribution in [0.5, 0.6) is 5.75 Å². The van der Waals surface area contributed by atoms with Gasteiger partial charge in [-0.2, -0.15) is 0 Å². The van der Waals surface area contributed by atoms with Gasteiger partial charge in [0.2, 0.25) is 0 Å². The highest BCUT2D eigenvalue weighted by Gasteiger charge is 2.39. The smallest absolute Gasteiger partial charge is 0.335 e. The third kappa shape index (κ3) is 2.51. The van der Waals surface area contributed by atoms with Gasteiger partial charge in [-0.05, 0) is 60.7 Å². The van der Waals surface area contributed by atoms with Crippen molar-refractivity contribution in [1.29, 1.82) is 0 Å². The van der Waals surface area contributed by atoms with Crippen molar-refractivity contribution in [2.24, 2.45) is 0 Å². The first-order chi connectivity index (χ1) is 11.6. The van der Waals surface area contributed by atoms with Gasteiger partial charge in [0.1, 0.15) is 5.75 Å². The van der Waals surface area contributed by atoms with Crippen LogP contribution in [0.4, 0.5) is 5.69 Å². The first kappa shape index (κ1) is 15.3. The van der Waals surface area contributed by atoms with Gasteiger partial charge < -0.3 is 15.2 Å². The number of hydrogen-bond acceptors (Lipinski definition) is 3. The van der Waals surface area contributed by atoms with Gasteiger partial charge >= 0.3 is 5.97 Å². The Balaban J connectivity index is 1.70. The molecule has 2 N–H and O–H groups in total. The fraction of sp³-hybridized carbons (Fsp3) is 0.316. The summed E-state index contributed by atoms with van der Waals surface area (Å²) in [5, 5.41) is 13.4. The van der Waals surface area contributed by atoms with Crippen molar-refractivity contribution >= 4 is 23.3 Å². The predicted molar refractivity (Wildman–Crippen MR) is 93.5 cm³/mol. The highest BCUT2D eigenvalue weighted by molar-refractivity contribution is 6.30. The second-order valence-corrected chi connectivity index (χ2v) is 7.03. The summed E-state index contributed by atoms with van der Waals surface area (Å²) in [5.74, 6) is -0.228. The topological polar surface area (TPSA) is 58.6 Å². The van der Waals surface area contributed by atoms with Crippen LogP contribution in [0.3, 0.4) is 0 Å². The zero-order valence-electron chi connectivity index (χ0n) is 13.1. The minimum absolute atomic E-state index is 0.111. The van der Waals surface area contributed by atoms with E-state index in [0.717, 1.165) is 36.5 Å². The molecule has 2 aromatic carbocycles. The molecule has 0 radical (unpaired) electrons. The fourth-order valence-corrected chi connectivity index (χ4v) is 4.03. The van der Waals surface area contributed by atoms with Gasteiger partial charge in [0.05, 0.1) is 17.9 Å². The van der Waals surface area contributed by atoms with E-state index in [9.17, 15) is 9.90 Å². The molecule has 0 fully saturated rings. The molecule has 0 aromatic heterocycles. The average molecular weight is 344 g/mol. The SMILES string of the molecule is O=C(O)c1ccc2c(c1)NC[C@]1(CCCc3cc(Cl)ccc31)CO2. The number of carboxylic acid groups (broad SMARTS) is 1. The number of benzene rings is 2. The standard InChI is InChI=1S/C19H18ClNO3/c20-14-4-5-15-12(8-14)2-1-7-19(15)10-21-16-9-13(18(22)23)3-6-17(16)24-11-19/h3-6,8-9,21H,1-2,7,10-11H2,(H,22,23)/t19-/m1/s1. The molecule has 24 heavy (non-hydrogen) atoms. The van der Waals surface area contributed by atoms with Crippen molar-refractivity contribution in [2.45, 2.75) is 24.7 Å². The highest BCUT2D eigenvalue weighted by atomic mass is 35.5. The Labute approximate surface area is 145 Å². The molecule has 2 aliphatic rings. The number of fused-ring (bicyclic) bond motifs is 3. The lowest BCUT2D eigenvalue weighted by Crippen LogP contribution is -2.41. The highest BCUT2D eigenvalue weighted by Crippen LogP contribution is 2.42. The second kappa shape index (κ2) is 5.71. The Bertz CT molecular complexity index is 820. The third-order valence-corrected chi connectivity index (χ3v) is 5.32. The molecular formula is C19H18ClNO3. The number of anilines is 1. The lowest BCUT2D eigenvalue weighted by molar-refractivity contribution is 0.0697. The Hall–Kier alpha value is -2.20. The molecule has 0 saturated carbocycles. The molecule has 0 saturated heterocycles. The third-order valence-electron chi connectivity index (χ3n) is 5.09. The van der Waals surface area contributed by atoms with E-state index in [1.54, 1.807) is 18.2 Å². The number of hydrogen-bond donors (Lipinski definition) is 2. The second-order valence-electron chi connectivity index (χ2n) is 6.59. The van der Waals surface area contributed by atoms with E-state index in [2.05, 4.69) is 17.4 Å². The van der Waals surface area contributed by atoms with E-state index in [-0.39, 0.29) is 11.0 Å². The molecule has 4 rings (SSSR count). The quantitative estimate of drug-likeness (QED) is 0.817. The van der Waals surface area contributed by atoms with Crippen molar-refractivity contribution in [1.82, 2.24) is 0 Å². The van der Waals surface area contributed by atoms with Crippen LogP contribution in [0.2, 0.25) is 5.02 Å². The van der Waals surface area contributed by atoms with E-state index >= 15 is 0 Å². The maximum Gasteiger partial charge on any atom is 0.335 e. The molecule has 124 valence electrons. The molecule has 1 atom stereocenters. The van der Waals surface area contributed by atoms with E-state index in [0.29, 0.717) is 12.4 Å². The number of rotatable bonds is 1. The molecule has 1 aliphatic heterocycles. The monoisotopic (exact) mass is 343 g/mol. The molecule has 1 spiro atoms. The molecule has 0 unspecified atom stereocenters. The molecule has 5 heteroatoms. The van der Waals surface area contributed by atoms with Gasteiger partial charge in [0, 0.05) is 17.0 Å². The van der Waals surface area contributed by atoms with Crippen molar-refractivity contribution in [3.8, 4) is 5.75 Å². The largest absolute Gasteiger partial charge is 0.490 e. The average Bonchev–Trinajstić information content (AvgIpc) is 2.75. The Morgan fingerprint density at radius 3 is 2.96 bits per heavy atom. The normalized spacial score (nSPS) is 21.9. The summed E-state index contributed by atoms with van der Waals surface area (Å²) in [6, 6.07) is 11.1. The minimum atomic E-state index is -0.934. The van der Waals surface area contributed by atoms with E-state index in [1.165, 1.54) is 11.1 Å². The summed E-state index contributed by atoms with van der Waals surface area (Å²) in [5.41, 5.74) is 3.47. The molecule has 0 amide bonds. The number of halogens is 1. The van der Waals surface area contributed by atoms with Gasteiger partial charge in [-0.1, -0.05) is 17.7 Å². The Morgan fingerprint density at radius 1 is 1.25 bits per heavy atom. The van der Waals surface area contributed by atoms with Crippen LogP contribution in [0.15, 0.2) is 36.4 Å². The number of carboxylic acids is 1. The van der Waals surface area contributed by atoms with E-state index < -0.39 is 5.97 Å². The minimum Gasteiger partial charge on any atom is -0.490 e. The number of ether oxygens (including phenoxy) is 1. The summed E-state index contributed by atoms with van der Waals surface area (Å²) < 4.78 is 6.08. The number of aromatic carboxylic acids is 1. The summed E-state index contributed by atoms with van der Waals surface area (Å²) in [4.78, 5) is 11.2. The molecule has 4 nitrogen and oxygen atoms in total. The molecule has 0 bridgehead atoms. The molecular weight excluding hydrogens is 326 g/mol. The Morgan fingerprint density at radius 2 is 2.12 bits per heavy atom. The van der Waals surface area contributed by atoms with Crippen molar-refractivity contribution < 1.29 is 14.6 Å². The van der Waals surface area contributed by atoms with Crippen molar-refractivity contribution in [2.75, 3.05) is 18.5 Å². The maximum absolute atomic E-state index is 11.2. The zero-order valence-corrected chi connectivity index (χ0v) is 13.9. The first-order valence-corrected chi connectivity index (χ1v) is 8.48. The van der Waals surface area contributed by atoms with Gasteiger partial charge in [0.25, 0.3) is 0 Å². The first-order valence-electron chi connectivity index (χ1n) is 8.10. The lowest BCUT2D eigenvalue weighted by Gasteiger charge is -2.37. The number of aryl methyl sites for hydroxylation is 1.